The molecule has 1 aromatic heterocycles. The van der Waals surface area contributed by atoms with Crippen molar-refractivity contribution in [1.82, 2.24) is 4.72 Å². The maximum absolute atomic E-state index is 12.8. The van der Waals surface area contributed by atoms with Gasteiger partial charge >= 0.3 is 0 Å². The van der Waals surface area contributed by atoms with E-state index in [9.17, 15) is 28.1 Å². The van der Waals surface area contributed by atoms with Crippen LogP contribution >= 0.6 is 11.3 Å². The standard InChI is InChI=1S/C26H21N3O6S2/c30-25(18-5-2-1-3-6-18)19-8-10-20(11-9-19)26(31)28-37(34,35)22-12-13-23(24(17-22)29(32)33)27-15-14-21-7-4-16-36-21/h1-13,16-17,27H,14-15H2,(H,28,31). The number of amides is 1. The Morgan fingerprint density at radius 2 is 1.54 bits per heavy atom. The molecule has 4 rings (SSSR count). The summed E-state index contributed by atoms with van der Waals surface area (Å²) in [4.78, 5) is 36.7. The first-order chi connectivity index (χ1) is 17.7. The number of ketones is 1. The number of sulfonamides is 1. The van der Waals surface area contributed by atoms with Gasteiger partial charge in [-0.1, -0.05) is 48.5 Å². The molecule has 0 saturated heterocycles. The molecule has 0 radical (unpaired) electrons. The van der Waals surface area contributed by atoms with Crippen LogP contribution in [0.2, 0.25) is 0 Å². The Labute approximate surface area is 217 Å². The topological polar surface area (TPSA) is 135 Å². The summed E-state index contributed by atoms with van der Waals surface area (Å²) in [5.74, 6) is -1.17. The first-order valence-electron chi connectivity index (χ1n) is 11.1. The molecule has 4 aromatic rings. The van der Waals surface area contributed by atoms with Gasteiger partial charge in [-0.05, 0) is 42.1 Å². The number of rotatable bonds is 10. The fourth-order valence-electron chi connectivity index (χ4n) is 3.52. The zero-order chi connectivity index (χ0) is 26.4. The van der Waals surface area contributed by atoms with Crippen LogP contribution in [0.4, 0.5) is 11.4 Å². The summed E-state index contributed by atoms with van der Waals surface area (Å²) in [6.45, 7) is 0.424. The molecule has 9 nitrogen and oxygen atoms in total. The number of thiophene rings is 1. The first kappa shape index (κ1) is 25.7. The van der Waals surface area contributed by atoms with Crippen LogP contribution in [0.25, 0.3) is 0 Å². The lowest BCUT2D eigenvalue weighted by molar-refractivity contribution is -0.384. The van der Waals surface area contributed by atoms with E-state index < -0.39 is 31.4 Å². The molecule has 0 spiro atoms. The van der Waals surface area contributed by atoms with E-state index in [4.69, 9.17) is 0 Å². The minimum atomic E-state index is -4.40. The van der Waals surface area contributed by atoms with Crippen molar-refractivity contribution in [3.8, 4) is 0 Å². The molecule has 0 atom stereocenters. The summed E-state index contributed by atoms with van der Waals surface area (Å²) < 4.78 is 27.5. The molecule has 0 aliphatic heterocycles. The van der Waals surface area contributed by atoms with Gasteiger partial charge in [0.25, 0.3) is 21.6 Å². The Bertz CT molecular complexity index is 1540. The van der Waals surface area contributed by atoms with Crippen molar-refractivity contribution in [1.29, 1.82) is 0 Å². The van der Waals surface area contributed by atoms with Gasteiger partial charge in [0.15, 0.2) is 5.78 Å². The predicted octanol–water partition coefficient (Wildman–Crippen LogP) is 4.66. The summed E-state index contributed by atoms with van der Waals surface area (Å²) in [6.07, 6.45) is 0.653. The normalized spacial score (nSPS) is 11.0. The van der Waals surface area contributed by atoms with Crippen molar-refractivity contribution in [3.05, 3.63) is 122 Å². The van der Waals surface area contributed by atoms with Crippen LogP contribution in [0.15, 0.2) is 95.2 Å². The third-order valence-corrected chi connectivity index (χ3v) is 7.68. The van der Waals surface area contributed by atoms with Crippen molar-refractivity contribution in [2.24, 2.45) is 0 Å². The van der Waals surface area contributed by atoms with E-state index in [-0.39, 0.29) is 17.0 Å². The van der Waals surface area contributed by atoms with Gasteiger partial charge < -0.3 is 5.32 Å². The van der Waals surface area contributed by atoms with Crippen LogP contribution in [0.3, 0.4) is 0 Å². The number of hydrogen-bond acceptors (Lipinski definition) is 8. The Morgan fingerprint density at radius 1 is 0.865 bits per heavy atom. The fourth-order valence-corrected chi connectivity index (χ4v) is 5.23. The Hall–Kier alpha value is -4.35. The summed E-state index contributed by atoms with van der Waals surface area (Å²) in [5, 5.41) is 16.5. The third kappa shape index (κ3) is 6.26. The molecule has 1 amide bonds. The van der Waals surface area contributed by atoms with Gasteiger partial charge in [-0.2, -0.15) is 0 Å². The summed E-state index contributed by atoms with van der Waals surface area (Å²) >= 11 is 1.57. The highest BCUT2D eigenvalue weighted by Gasteiger charge is 2.24. The number of nitro groups is 1. The number of hydrogen-bond donors (Lipinski definition) is 2. The maximum atomic E-state index is 12.8. The van der Waals surface area contributed by atoms with Crippen LogP contribution < -0.4 is 10.0 Å². The highest BCUT2D eigenvalue weighted by molar-refractivity contribution is 7.90. The number of carbonyl (C=O) groups excluding carboxylic acids is 2. The van der Waals surface area contributed by atoms with Crippen molar-refractivity contribution in [2.75, 3.05) is 11.9 Å². The highest BCUT2D eigenvalue weighted by atomic mass is 32.2. The van der Waals surface area contributed by atoms with Crippen LogP contribution in [-0.4, -0.2) is 31.6 Å². The highest BCUT2D eigenvalue weighted by Crippen LogP contribution is 2.28. The Balaban J connectivity index is 1.46. The van der Waals surface area contributed by atoms with Gasteiger partial charge in [-0.25, -0.2) is 13.1 Å². The van der Waals surface area contributed by atoms with E-state index >= 15 is 0 Å². The van der Waals surface area contributed by atoms with Crippen molar-refractivity contribution in [3.63, 3.8) is 0 Å². The van der Waals surface area contributed by atoms with E-state index in [1.165, 1.54) is 36.4 Å². The largest absolute Gasteiger partial charge is 0.379 e. The summed E-state index contributed by atoms with van der Waals surface area (Å²) in [6, 6.07) is 21.4. The number of anilines is 1. The predicted molar refractivity (Wildman–Crippen MR) is 141 cm³/mol. The quantitative estimate of drug-likeness (QED) is 0.171. The number of benzene rings is 3. The molecule has 37 heavy (non-hydrogen) atoms. The SMILES string of the molecule is O=C(NS(=O)(=O)c1ccc(NCCc2cccs2)c([N+](=O)[O-])c1)c1ccc(C(=O)c2ccccc2)cc1. The molecule has 2 N–H and O–H groups in total. The van der Waals surface area contributed by atoms with Crippen molar-refractivity contribution < 1.29 is 22.9 Å². The van der Waals surface area contributed by atoms with Crippen LogP contribution in [0, 0.1) is 10.1 Å². The summed E-state index contributed by atoms with van der Waals surface area (Å²) in [5.41, 5.74) is 0.571. The fraction of sp³-hybridized carbons (Fsp3) is 0.0769. The molecule has 0 fully saturated rings. The van der Waals surface area contributed by atoms with Gasteiger partial charge in [0.05, 0.1) is 9.82 Å². The van der Waals surface area contributed by atoms with E-state index in [2.05, 4.69) is 5.32 Å². The molecule has 188 valence electrons. The van der Waals surface area contributed by atoms with Gasteiger partial charge in [-0.3, -0.25) is 19.7 Å². The molecule has 0 aliphatic carbocycles. The minimum Gasteiger partial charge on any atom is -0.379 e. The molecule has 0 aliphatic rings. The van der Waals surface area contributed by atoms with E-state index in [1.54, 1.807) is 41.7 Å². The van der Waals surface area contributed by atoms with Crippen LogP contribution in [0.1, 0.15) is 31.2 Å². The lowest BCUT2D eigenvalue weighted by Crippen LogP contribution is -2.30. The van der Waals surface area contributed by atoms with Gasteiger partial charge in [0, 0.05) is 34.2 Å². The van der Waals surface area contributed by atoms with E-state index in [0.717, 1.165) is 10.9 Å². The molecule has 0 bridgehead atoms. The molecule has 0 unspecified atom stereocenters. The lowest BCUT2D eigenvalue weighted by atomic mass is 10.0. The molecular weight excluding hydrogens is 514 g/mol. The third-order valence-electron chi connectivity index (χ3n) is 5.42. The number of nitrogens with zero attached hydrogens (tertiary/aromatic N) is 1. The minimum absolute atomic E-state index is 0.00884. The molecular formula is C26H21N3O6S2. The van der Waals surface area contributed by atoms with Crippen molar-refractivity contribution >= 4 is 44.4 Å². The van der Waals surface area contributed by atoms with Crippen LogP contribution in [0.5, 0.6) is 0 Å². The molecule has 3 aromatic carbocycles. The molecule has 0 saturated carbocycles. The van der Waals surface area contributed by atoms with Gasteiger partial charge in [0.1, 0.15) is 5.69 Å². The van der Waals surface area contributed by atoms with E-state index in [1.807, 2.05) is 22.2 Å². The summed E-state index contributed by atoms with van der Waals surface area (Å²) in [7, 11) is -4.40. The molecule has 1 heterocycles. The second-order valence-corrected chi connectivity index (χ2v) is 10.6. The number of nitrogens with one attached hydrogen (secondary N) is 2. The lowest BCUT2D eigenvalue weighted by Gasteiger charge is -2.10. The Kier molecular flexibility index (Phi) is 7.75. The second-order valence-electron chi connectivity index (χ2n) is 7.90. The number of carbonyl (C=O) groups is 2. The smallest absolute Gasteiger partial charge is 0.293 e. The zero-order valence-electron chi connectivity index (χ0n) is 19.3. The molecule has 11 heteroatoms. The first-order valence-corrected chi connectivity index (χ1v) is 13.4. The number of nitro benzene ring substituents is 1. The zero-order valence-corrected chi connectivity index (χ0v) is 20.9. The second kappa shape index (κ2) is 11.1. The average Bonchev–Trinajstić information content (AvgIpc) is 3.42. The average molecular weight is 536 g/mol. The van der Waals surface area contributed by atoms with E-state index in [0.29, 0.717) is 24.1 Å². The monoisotopic (exact) mass is 535 g/mol. The van der Waals surface area contributed by atoms with Crippen LogP contribution in [-0.2, 0) is 16.4 Å². The Morgan fingerprint density at radius 3 is 2.19 bits per heavy atom. The van der Waals surface area contributed by atoms with Gasteiger partial charge in [-0.15, -0.1) is 11.3 Å². The maximum Gasteiger partial charge on any atom is 0.293 e. The van der Waals surface area contributed by atoms with Crippen molar-refractivity contribution in [2.45, 2.75) is 11.3 Å². The van der Waals surface area contributed by atoms with Gasteiger partial charge in [0.2, 0.25) is 0 Å².